The Hall–Kier alpha value is -1.34. The van der Waals surface area contributed by atoms with E-state index < -0.39 is 16.4 Å². The first kappa shape index (κ1) is 14.7. The van der Waals surface area contributed by atoms with Gasteiger partial charge in [0.05, 0.1) is 4.92 Å². The summed E-state index contributed by atoms with van der Waals surface area (Å²) in [6.45, 7) is -0.0264. The molecule has 0 aliphatic carbocycles. The summed E-state index contributed by atoms with van der Waals surface area (Å²) in [6.07, 6.45) is 2.35. The van der Waals surface area contributed by atoms with Crippen LogP contribution in [-0.4, -0.2) is 34.7 Å². The van der Waals surface area contributed by atoms with Gasteiger partial charge in [0.15, 0.2) is 0 Å². The van der Waals surface area contributed by atoms with Crippen molar-refractivity contribution in [3.8, 4) is 0 Å². The van der Waals surface area contributed by atoms with Crippen molar-refractivity contribution in [1.29, 1.82) is 0 Å². The lowest BCUT2D eigenvalue weighted by Gasteiger charge is -2.17. The number of hydrogen-bond donors (Lipinski definition) is 2. The van der Waals surface area contributed by atoms with E-state index in [2.05, 4.69) is 5.32 Å². The van der Waals surface area contributed by atoms with Crippen LogP contribution in [0.2, 0.25) is 0 Å². The van der Waals surface area contributed by atoms with E-state index >= 15 is 0 Å². The molecular weight excluding hydrogens is 259 g/mol. The number of halogens is 1. The molecule has 0 fully saturated rings. The Morgan fingerprint density at radius 2 is 2.33 bits per heavy atom. The average Bonchev–Trinajstić information content (AvgIpc) is 2.29. The van der Waals surface area contributed by atoms with Gasteiger partial charge < -0.3 is 10.4 Å². The second kappa shape index (κ2) is 7.17. The molecule has 0 heterocycles. The predicted octanol–water partition coefficient (Wildman–Crippen LogP) is 2.26. The van der Waals surface area contributed by atoms with Crippen LogP contribution in [-0.2, 0) is 0 Å². The number of aliphatic hydroxyl groups is 1. The van der Waals surface area contributed by atoms with Gasteiger partial charge in [-0.2, -0.15) is 16.2 Å². The molecule has 1 aromatic rings. The third-order valence-corrected chi connectivity index (χ3v) is 3.11. The fourth-order valence-electron chi connectivity index (χ4n) is 1.59. The van der Waals surface area contributed by atoms with Crippen molar-refractivity contribution in [3.63, 3.8) is 0 Å². The highest BCUT2D eigenvalue weighted by molar-refractivity contribution is 7.98. The number of thioether (sulfide) groups is 1. The highest BCUT2D eigenvalue weighted by atomic mass is 32.2. The van der Waals surface area contributed by atoms with E-state index in [1.807, 2.05) is 6.26 Å². The van der Waals surface area contributed by atoms with Gasteiger partial charge in [-0.25, -0.2) is 0 Å². The summed E-state index contributed by atoms with van der Waals surface area (Å²) in [6, 6.07) is 3.80. The quantitative estimate of drug-likeness (QED) is 0.589. The first-order valence-corrected chi connectivity index (χ1v) is 6.78. The van der Waals surface area contributed by atoms with Crippen LogP contribution in [0.4, 0.5) is 15.8 Å². The van der Waals surface area contributed by atoms with E-state index in [4.69, 9.17) is 5.11 Å². The van der Waals surface area contributed by atoms with E-state index in [1.54, 1.807) is 11.8 Å². The number of para-hydroxylation sites is 1. The lowest BCUT2D eigenvalue weighted by atomic mass is 10.2. The van der Waals surface area contributed by atoms with E-state index in [1.165, 1.54) is 12.1 Å². The molecule has 0 aliphatic rings. The van der Waals surface area contributed by atoms with Crippen molar-refractivity contribution in [2.45, 2.75) is 12.5 Å². The fraction of sp³-hybridized carbons (Fsp3) is 0.455. The number of hydrogen-bond acceptors (Lipinski definition) is 5. The van der Waals surface area contributed by atoms with Gasteiger partial charge >= 0.3 is 5.69 Å². The second-order valence-corrected chi connectivity index (χ2v) is 4.61. The predicted molar refractivity (Wildman–Crippen MR) is 70.5 cm³/mol. The largest absolute Gasteiger partial charge is 0.396 e. The lowest BCUT2D eigenvalue weighted by Crippen LogP contribution is -2.24. The van der Waals surface area contributed by atoms with Crippen LogP contribution in [0.3, 0.4) is 0 Å². The molecule has 0 saturated carbocycles. The van der Waals surface area contributed by atoms with Gasteiger partial charge in [-0.1, -0.05) is 6.07 Å². The maximum atomic E-state index is 13.4. The van der Waals surface area contributed by atoms with Crippen LogP contribution in [0.25, 0.3) is 0 Å². The van der Waals surface area contributed by atoms with Crippen molar-refractivity contribution in [2.24, 2.45) is 0 Å². The number of aliphatic hydroxyl groups excluding tert-OH is 1. The molecule has 1 aromatic carbocycles. The van der Waals surface area contributed by atoms with Crippen LogP contribution >= 0.6 is 11.8 Å². The molecule has 0 saturated heterocycles. The van der Waals surface area contributed by atoms with E-state index in [9.17, 15) is 14.5 Å². The van der Waals surface area contributed by atoms with Crippen LogP contribution in [0, 0.1) is 15.9 Å². The second-order valence-electron chi connectivity index (χ2n) is 3.70. The lowest BCUT2D eigenvalue weighted by molar-refractivity contribution is -0.386. The zero-order valence-electron chi connectivity index (χ0n) is 9.93. The number of nitrogens with zero attached hydrogens (tertiary/aromatic N) is 1. The number of nitro groups is 1. The molecule has 0 spiro atoms. The van der Waals surface area contributed by atoms with Gasteiger partial charge in [0.25, 0.3) is 0 Å². The van der Waals surface area contributed by atoms with E-state index in [-0.39, 0.29) is 18.3 Å². The third-order valence-electron chi connectivity index (χ3n) is 2.37. The molecule has 100 valence electrons. The maximum absolute atomic E-state index is 13.4. The normalized spacial score (nSPS) is 12.2. The summed E-state index contributed by atoms with van der Waals surface area (Å²) in [5, 5.41) is 22.6. The molecule has 5 nitrogen and oxygen atoms in total. The number of nitro benzene ring substituents is 1. The maximum Gasteiger partial charge on any atom is 0.327 e. The van der Waals surface area contributed by atoms with Crippen LogP contribution in [0.15, 0.2) is 18.2 Å². The molecule has 0 unspecified atom stereocenters. The van der Waals surface area contributed by atoms with Crippen molar-refractivity contribution in [3.05, 3.63) is 34.1 Å². The molecule has 0 bridgehead atoms. The smallest absolute Gasteiger partial charge is 0.327 e. The van der Waals surface area contributed by atoms with Gasteiger partial charge in [0, 0.05) is 18.4 Å². The molecule has 2 N–H and O–H groups in total. The topological polar surface area (TPSA) is 75.4 Å². The molecule has 0 radical (unpaired) electrons. The Labute approximate surface area is 109 Å². The minimum atomic E-state index is -0.864. The number of benzene rings is 1. The molecule has 1 rings (SSSR count). The van der Waals surface area contributed by atoms with Crippen molar-refractivity contribution >= 4 is 23.1 Å². The Morgan fingerprint density at radius 3 is 2.89 bits per heavy atom. The van der Waals surface area contributed by atoms with Gasteiger partial charge in [0.2, 0.25) is 5.82 Å². The summed E-state index contributed by atoms with van der Waals surface area (Å²) in [7, 11) is 0. The molecular formula is C11H15FN2O3S. The van der Waals surface area contributed by atoms with Crippen molar-refractivity contribution in [1.82, 2.24) is 0 Å². The fourth-order valence-corrected chi connectivity index (χ4v) is 2.24. The molecule has 7 heteroatoms. The van der Waals surface area contributed by atoms with Gasteiger partial charge in [0.1, 0.15) is 5.69 Å². The first-order chi connectivity index (χ1) is 8.60. The molecule has 0 aliphatic heterocycles. The molecule has 18 heavy (non-hydrogen) atoms. The summed E-state index contributed by atoms with van der Waals surface area (Å²) in [5.41, 5.74) is -0.408. The standard InChI is InChI=1S/C11H15FN2O3S/c1-18-7-8(5-6-15)13-10-4-2-3-9(12)11(10)14(16)17/h2-4,8,13,15H,5-7H2,1H3/t8-/m0/s1. The van der Waals surface area contributed by atoms with Gasteiger partial charge in [-0.05, 0) is 24.8 Å². The van der Waals surface area contributed by atoms with E-state index in [0.29, 0.717) is 12.2 Å². The summed E-state index contributed by atoms with van der Waals surface area (Å²) < 4.78 is 13.4. The number of rotatable bonds is 7. The summed E-state index contributed by atoms with van der Waals surface area (Å²) in [5.74, 6) is -0.189. The van der Waals surface area contributed by atoms with Gasteiger partial charge in [-0.3, -0.25) is 10.1 Å². The minimum absolute atomic E-state index is 0.0264. The first-order valence-electron chi connectivity index (χ1n) is 5.39. The molecule has 0 aromatic heterocycles. The molecule has 1 atom stereocenters. The molecule has 0 amide bonds. The Morgan fingerprint density at radius 1 is 1.61 bits per heavy atom. The third kappa shape index (κ3) is 3.85. The zero-order chi connectivity index (χ0) is 13.5. The summed E-state index contributed by atoms with van der Waals surface area (Å²) >= 11 is 1.55. The number of nitrogens with one attached hydrogen (secondary N) is 1. The van der Waals surface area contributed by atoms with Crippen molar-refractivity contribution in [2.75, 3.05) is 23.9 Å². The van der Waals surface area contributed by atoms with Gasteiger partial charge in [-0.15, -0.1) is 0 Å². The van der Waals surface area contributed by atoms with Crippen LogP contribution in [0.5, 0.6) is 0 Å². The summed E-state index contributed by atoms with van der Waals surface area (Å²) in [4.78, 5) is 10.1. The monoisotopic (exact) mass is 274 g/mol. The van der Waals surface area contributed by atoms with Crippen LogP contribution < -0.4 is 5.32 Å². The Kier molecular flexibility index (Phi) is 5.87. The average molecular weight is 274 g/mol. The van der Waals surface area contributed by atoms with E-state index in [0.717, 1.165) is 6.07 Å². The Balaban J connectivity index is 2.94. The highest BCUT2D eigenvalue weighted by Crippen LogP contribution is 2.28. The van der Waals surface area contributed by atoms with Crippen LogP contribution in [0.1, 0.15) is 6.42 Å². The van der Waals surface area contributed by atoms with Crippen molar-refractivity contribution < 1.29 is 14.4 Å². The highest BCUT2D eigenvalue weighted by Gasteiger charge is 2.21. The number of anilines is 1. The zero-order valence-corrected chi connectivity index (χ0v) is 10.7. The minimum Gasteiger partial charge on any atom is -0.396 e. The SMILES string of the molecule is CSC[C@H](CCO)Nc1cccc(F)c1[N+](=O)[O-]. The Bertz CT molecular complexity index is 411.